The van der Waals surface area contributed by atoms with Crippen LogP contribution in [0.15, 0.2) is 30.3 Å². The van der Waals surface area contributed by atoms with E-state index in [-0.39, 0.29) is 5.41 Å². The fourth-order valence-electron chi connectivity index (χ4n) is 2.58. The van der Waals surface area contributed by atoms with Gasteiger partial charge in [-0.05, 0) is 49.2 Å². The maximum Gasteiger partial charge on any atom is 0.0705 e. The van der Waals surface area contributed by atoms with Crippen LogP contribution in [0.3, 0.4) is 0 Å². The predicted molar refractivity (Wildman–Crippen MR) is 90.3 cm³/mol. The molecule has 0 fully saturated rings. The number of aryl methyl sites for hydroxylation is 1. The first-order valence-corrected chi connectivity index (χ1v) is 7.72. The van der Waals surface area contributed by atoms with Crippen LogP contribution in [0.25, 0.3) is 10.9 Å². The van der Waals surface area contributed by atoms with Crippen molar-refractivity contribution >= 4 is 10.9 Å². The Morgan fingerprint density at radius 1 is 1.19 bits per heavy atom. The van der Waals surface area contributed by atoms with Crippen molar-refractivity contribution in [2.75, 3.05) is 19.6 Å². The van der Waals surface area contributed by atoms with Gasteiger partial charge in [0.2, 0.25) is 0 Å². The summed E-state index contributed by atoms with van der Waals surface area (Å²) in [7, 11) is 0. The third kappa shape index (κ3) is 4.26. The molecule has 114 valence electrons. The summed E-state index contributed by atoms with van der Waals surface area (Å²) in [4.78, 5) is 7.01. The van der Waals surface area contributed by atoms with Gasteiger partial charge in [-0.1, -0.05) is 32.9 Å². The Balaban J connectivity index is 2.16. The van der Waals surface area contributed by atoms with E-state index < -0.39 is 0 Å². The SMILES string of the molecule is CCN(Cc1ccc2nc(C)ccc2c1)CC(C)(C)CN. The number of hydrogen-bond acceptors (Lipinski definition) is 3. The number of nitrogens with two attached hydrogens (primary N) is 1. The normalized spacial score (nSPS) is 12.3. The van der Waals surface area contributed by atoms with Gasteiger partial charge in [-0.15, -0.1) is 0 Å². The van der Waals surface area contributed by atoms with Gasteiger partial charge in [0, 0.05) is 24.2 Å². The molecule has 1 aromatic heterocycles. The number of benzene rings is 1. The quantitative estimate of drug-likeness (QED) is 0.885. The molecule has 3 heteroatoms. The second kappa shape index (κ2) is 6.54. The molecule has 1 heterocycles. The molecule has 0 atom stereocenters. The van der Waals surface area contributed by atoms with Crippen molar-refractivity contribution in [1.82, 2.24) is 9.88 Å². The molecule has 3 nitrogen and oxygen atoms in total. The van der Waals surface area contributed by atoms with Crippen LogP contribution in [0.5, 0.6) is 0 Å². The lowest BCUT2D eigenvalue weighted by molar-refractivity contribution is 0.183. The van der Waals surface area contributed by atoms with Gasteiger partial charge >= 0.3 is 0 Å². The molecule has 0 spiro atoms. The van der Waals surface area contributed by atoms with E-state index in [4.69, 9.17) is 5.73 Å². The molecule has 1 aromatic carbocycles. The van der Waals surface area contributed by atoms with Gasteiger partial charge in [-0.25, -0.2) is 0 Å². The lowest BCUT2D eigenvalue weighted by Crippen LogP contribution is -2.38. The van der Waals surface area contributed by atoms with Crippen LogP contribution in [0.2, 0.25) is 0 Å². The van der Waals surface area contributed by atoms with Crippen LogP contribution in [0.4, 0.5) is 0 Å². The number of fused-ring (bicyclic) bond motifs is 1. The highest BCUT2D eigenvalue weighted by atomic mass is 15.1. The summed E-state index contributed by atoms with van der Waals surface area (Å²) in [5, 5.41) is 1.22. The molecular weight excluding hydrogens is 258 g/mol. The molecule has 0 amide bonds. The number of nitrogens with zero attached hydrogens (tertiary/aromatic N) is 2. The Bertz CT molecular complexity index is 604. The summed E-state index contributed by atoms with van der Waals surface area (Å²) in [6, 6.07) is 10.8. The second-order valence-corrected chi connectivity index (χ2v) is 6.65. The highest BCUT2D eigenvalue weighted by Gasteiger charge is 2.19. The van der Waals surface area contributed by atoms with E-state index in [1.54, 1.807) is 0 Å². The average Bonchev–Trinajstić information content (AvgIpc) is 2.46. The molecule has 0 unspecified atom stereocenters. The summed E-state index contributed by atoms with van der Waals surface area (Å²) in [5.74, 6) is 0. The lowest BCUT2D eigenvalue weighted by Gasteiger charge is -2.31. The van der Waals surface area contributed by atoms with E-state index in [0.29, 0.717) is 6.54 Å². The van der Waals surface area contributed by atoms with Crippen molar-refractivity contribution in [3.63, 3.8) is 0 Å². The first-order chi connectivity index (χ1) is 9.93. The fraction of sp³-hybridized carbons (Fsp3) is 0.500. The summed E-state index contributed by atoms with van der Waals surface area (Å²) in [5.41, 5.74) is 9.49. The highest BCUT2D eigenvalue weighted by Crippen LogP contribution is 2.19. The smallest absolute Gasteiger partial charge is 0.0705 e. The first kappa shape index (κ1) is 15.9. The molecule has 0 aliphatic rings. The van der Waals surface area contributed by atoms with Crippen molar-refractivity contribution in [1.29, 1.82) is 0 Å². The Hall–Kier alpha value is -1.45. The third-order valence-corrected chi connectivity index (χ3v) is 3.95. The van der Waals surface area contributed by atoms with E-state index in [9.17, 15) is 0 Å². The minimum atomic E-state index is 0.158. The van der Waals surface area contributed by atoms with Crippen molar-refractivity contribution in [2.24, 2.45) is 11.1 Å². The summed E-state index contributed by atoms with van der Waals surface area (Å²) in [6.45, 7) is 12.4. The van der Waals surface area contributed by atoms with Crippen molar-refractivity contribution in [3.8, 4) is 0 Å². The zero-order valence-corrected chi connectivity index (χ0v) is 13.7. The van der Waals surface area contributed by atoms with E-state index >= 15 is 0 Å². The largest absolute Gasteiger partial charge is 0.330 e. The predicted octanol–water partition coefficient (Wildman–Crippen LogP) is 3.35. The zero-order chi connectivity index (χ0) is 15.5. The Morgan fingerprint density at radius 2 is 1.95 bits per heavy atom. The first-order valence-electron chi connectivity index (χ1n) is 7.72. The van der Waals surface area contributed by atoms with Crippen LogP contribution >= 0.6 is 0 Å². The minimum Gasteiger partial charge on any atom is -0.330 e. The zero-order valence-electron chi connectivity index (χ0n) is 13.7. The number of hydrogen-bond donors (Lipinski definition) is 1. The van der Waals surface area contributed by atoms with E-state index in [0.717, 1.165) is 30.8 Å². The van der Waals surface area contributed by atoms with Gasteiger partial charge < -0.3 is 5.73 Å². The van der Waals surface area contributed by atoms with Gasteiger partial charge in [-0.2, -0.15) is 0 Å². The number of rotatable bonds is 6. The molecule has 0 saturated heterocycles. The molecule has 2 aromatic rings. The maximum atomic E-state index is 5.86. The van der Waals surface area contributed by atoms with Gasteiger partial charge in [0.15, 0.2) is 0 Å². The minimum absolute atomic E-state index is 0.158. The maximum absolute atomic E-state index is 5.86. The van der Waals surface area contributed by atoms with Gasteiger partial charge in [0.05, 0.1) is 5.52 Å². The van der Waals surface area contributed by atoms with Gasteiger partial charge in [-0.3, -0.25) is 9.88 Å². The van der Waals surface area contributed by atoms with Crippen molar-refractivity contribution < 1.29 is 0 Å². The van der Waals surface area contributed by atoms with Gasteiger partial charge in [0.1, 0.15) is 0 Å². The number of aromatic nitrogens is 1. The molecule has 0 radical (unpaired) electrons. The molecule has 0 bridgehead atoms. The van der Waals surface area contributed by atoms with Gasteiger partial charge in [0.25, 0.3) is 0 Å². The summed E-state index contributed by atoms with van der Waals surface area (Å²) in [6.07, 6.45) is 0. The monoisotopic (exact) mass is 285 g/mol. The molecular formula is C18H27N3. The summed E-state index contributed by atoms with van der Waals surface area (Å²) < 4.78 is 0. The van der Waals surface area contributed by atoms with E-state index in [1.807, 2.05) is 6.92 Å². The average molecular weight is 285 g/mol. The molecule has 2 N–H and O–H groups in total. The van der Waals surface area contributed by atoms with Crippen LogP contribution in [-0.2, 0) is 6.54 Å². The summed E-state index contributed by atoms with van der Waals surface area (Å²) >= 11 is 0. The topological polar surface area (TPSA) is 42.2 Å². The molecule has 0 saturated carbocycles. The Kier molecular flexibility index (Phi) is 4.96. The highest BCUT2D eigenvalue weighted by molar-refractivity contribution is 5.79. The fourth-order valence-corrected chi connectivity index (χ4v) is 2.58. The van der Waals surface area contributed by atoms with Crippen LogP contribution in [0.1, 0.15) is 32.0 Å². The van der Waals surface area contributed by atoms with Crippen molar-refractivity contribution in [3.05, 3.63) is 41.6 Å². The number of pyridine rings is 1. The molecule has 0 aliphatic heterocycles. The van der Waals surface area contributed by atoms with Crippen LogP contribution in [-0.4, -0.2) is 29.5 Å². The van der Waals surface area contributed by atoms with E-state index in [1.165, 1.54) is 10.9 Å². The van der Waals surface area contributed by atoms with Crippen LogP contribution in [0, 0.1) is 12.3 Å². The molecule has 21 heavy (non-hydrogen) atoms. The lowest BCUT2D eigenvalue weighted by atomic mass is 9.93. The molecule has 0 aliphatic carbocycles. The third-order valence-electron chi connectivity index (χ3n) is 3.95. The van der Waals surface area contributed by atoms with Crippen LogP contribution < -0.4 is 5.73 Å². The standard InChI is InChI=1S/C18H27N3/c1-5-21(13-18(3,4)12-19)11-15-7-9-17-16(10-15)8-6-14(2)20-17/h6-10H,5,11-13,19H2,1-4H3. The van der Waals surface area contributed by atoms with E-state index in [2.05, 4.69) is 61.0 Å². The Labute approximate surface area is 128 Å². The second-order valence-electron chi connectivity index (χ2n) is 6.65. The molecule has 2 rings (SSSR count). The Morgan fingerprint density at radius 3 is 2.62 bits per heavy atom. The van der Waals surface area contributed by atoms with Crippen molar-refractivity contribution in [2.45, 2.75) is 34.2 Å².